The number of nitrogens with two attached hydrogens (primary N) is 2. The van der Waals surface area contributed by atoms with Gasteiger partial charge in [0.05, 0.1) is 5.54 Å². The third kappa shape index (κ3) is 4.81. The molecule has 2 saturated carbocycles. The van der Waals surface area contributed by atoms with Crippen LogP contribution in [-0.4, -0.2) is 11.4 Å². The molecular weight excluding hydrogens is 296 g/mol. The summed E-state index contributed by atoms with van der Waals surface area (Å²) in [6, 6.07) is 9.30. The summed E-state index contributed by atoms with van der Waals surface area (Å²) in [5.74, 6) is 0.514. The Hall–Kier alpha value is -1.87. The Morgan fingerprint density at radius 2 is 1.79 bits per heavy atom. The van der Waals surface area contributed by atoms with E-state index in [1.165, 1.54) is 49.7 Å². The van der Waals surface area contributed by atoms with Gasteiger partial charge in [-0.2, -0.15) is 0 Å². The fourth-order valence-corrected chi connectivity index (χ4v) is 2.90. The molecule has 1 aromatic rings. The number of aryl methyl sites for hydroxylation is 1. The van der Waals surface area contributed by atoms with Crippen molar-refractivity contribution < 1.29 is 4.79 Å². The first-order chi connectivity index (χ1) is 11.6. The molecular formula is C21H28N2O. The van der Waals surface area contributed by atoms with Crippen molar-refractivity contribution in [3.05, 3.63) is 59.2 Å². The number of rotatable bonds is 5. The SMILES string of the molecule is C1=CC(CCc2ccc(C3CC3)cc2)=CCC1.NC(=O)C1(N)CC1. The van der Waals surface area contributed by atoms with Gasteiger partial charge in [0, 0.05) is 0 Å². The van der Waals surface area contributed by atoms with Crippen LogP contribution in [0, 0.1) is 0 Å². The summed E-state index contributed by atoms with van der Waals surface area (Å²) < 4.78 is 0. The van der Waals surface area contributed by atoms with Crippen LogP contribution in [0.5, 0.6) is 0 Å². The predicted octanol–water partition coefficient (Wildman–Crippen LogP) is 3.74. The molecule has 3 nitrogen and oxygen atoms in total. The van der Waals surface area contributed by atoms with E-state index in [1.807, 2.05) is 0 Å². The van der Waals surface area contributed by atoms with E-state index < -0.39 is 5.54 Å². The molecule has 0 bridgehead atoms. The van der Waals surface area contributed by atoms with Gasteiger partial charge < -0.3 is 11.5 Å². The summed E-state index contributed by atoms with van der Waals surface area (Å²) in [6.07, 6.45) is 16.1. The third-order valence-corrected chi connectivity index (χ3v) is 5.08. The van der Waals surface area contributed by atoms with Gasteiger partial charge >= 0.3 is 0 Å². The number of hydrogen-bond donors (Lipinski definition) is 2. The van der Waals surface area contributed by atoms with Crippen molar-refractivity contribution in [2.45, 2.75) is 62.8 Å². The molecule has 0 unspecified atom stereocenters. The van der Waals surface area contributed by atoms with Crippen molar-refractivity contribution in [1.82, 2.24) is 0 Å². The lowest BCUT2D eigenvalue weighted by atomic mass is 9.99. The highest BCUT2D eigenvalue weighted by molar-refractivity contribution is 5.87. The average molecular weight is 324 g/mol. The van der Waals surface area contributed by atoms with Gasteiger partial charge in [-0.25, -0.2) is 0 Å². The number of carbonyl (C=O) groups is 1. The van der Waals surface area contributed by atoms with Crippen molar-refractivity contribution >= 4 is 5.91 Å². The van der Waals surface area contributed by atoms with E-state index in [4.69, 9.17) is 11.5 Å². The van der Waals surface area contributed by atoms with Gasteiger partial charge in [0.25, 0.3) is 0 Å². The summed E-state index contributed by atoms with van der Waals surface area (Å²) in [5.41, 5.74) is 14.1. The lowest BCUT2D eigenvalue weighted by Crippen LogP contribution is -2.38. The number of hydrogen-bond acceptors (Lipinski definition) is 2. The predicted molar refractivity (Wildman–Crippen MR) is 98.5 cm³/mol. The number of amides is 1. The summed E-state index contributed by atoms with van der Waals surface area (Å²) >= 11 is 0. The molecule has 2 fully saturated rings. The Morgan fingerprint density at radius 3 is 2.25 bits per heavy atom. The molecule has 1 amide bonds. The zero-order valence-corrected chi connectivity index (χ0v) is 14.3. The molecule has 128 valence electrons. The Bertz CT molecular complexity index is 634. The molecule has 0 atom stereocenters. The summed E-state index contributed by atoms with van der Waals surface area (Å²) in [5, 5.41) is 0. The first kappa shape index (κ1) is 17.0. The molecule has 0 spiro atoms. The minimum Gasteiger partial charge on any atom is -0.368 e. The Labute approximate surface area is 144 Å². The van der Waals surface area contributed by atoms with Gasteiger partial charge in [0.15, 0.2) is 0 Å². The van der Waals surface area contributed by atoms with E-state index >= 15 is 0 Å². The third-order valence-electron chi connectivity index (χ3n) is 5.08. The highest BCUT2D eigenvalue weighted by Crippen LogP contribution is 2.39. The van der Waals surface area contributed by atoms with Crippen LogP contribution in [0.2, 0.25) is 0 Å². The lowest BCUT2D eigenvalue weighted by Gasteiger charge is -2.07. The van der Waals surface area contributed by atoms with Crippen molar-refractivity contribution in [1.29, 1.82) is 0 Å². The summed E-state index contributed by atoms with van der Waals surface area (Å²) in [4.78, 5) is 10.2. The van der Waals surface area contributed by atoms with Crippen LogP contribution in [0.4, 0.5) is 0 Å². The molecule has 24 heavy (non-hydrogen) atoms. The van der Waals surface area contributed by atoms with Crippen LogP contribution in [0.25, 0.3) is 0 Å². The topological polar surface area (TPSA) is 69.1 Å². The number of allylic oxidation sites excluding steroid dienone is 4. The van der Waals surface area contributed by atoms with E-state index in [0.29, 0.717) is 0 Å². The van der Waals surface area contributed by atoms with E-state index in [1.54, 1.807) is 5.56 Å². The highest BCUT2D eigenvalue weighted by Gasteiger charge is 2.44. The van der Waals surface area contributed by atoms with Crippen LogP contribution in [0.3, 0.4) is 0 Å². The van der Waals surface area contributed by atoms with E-state index in [2.05, 4.69) is 42.5 Å². The highest BCUT2D eigenvalue weighted by atomic mass is 16.1. The van der Waals surface area contributed by atoms with Gasteiger partial charge in [-0.3, -0.25) is 4.79 Å². The second kappa shape index (κ2) is 7.35. The quantitative estimate of drug-likeness (QED) is 0.866. The molecule has 0 heterocycles. The van der Waals surface area contributed by atoms with Crippen LogP contribution in [0.15, 0.2) is 48.1 Å². The van der Waals surface area contributed by atoms with Gasteiger partial charge in [-0.1, -0.05) is 48.1 Å². The molecule has 4 N–H and O–H groups in total. The molecule has 3 aliphatic carbocycles. The molecule has 1 aromatic carbocycles. The second-order valence-electron chi connectivity index (χ2n) is 7.30. The lowest BCUT2D eigenvalue weighted by molar-refractivity contribution is -0.120. The van der Waals surface area contributed by atoms with Crippen molar-refractivity contribution in [3.63, 3.8) is 0 Å². The van der Waals surface area contributed by atoms with E-state index in [-0.39, 0.29) is 5.91 Å². The summed E-state index contributed by atoms with van der Waals surface area (Å²) in [6.45, 7) is 0. The fourth-order valence-electron chi connectivity index (χ4n) is 2.90. The largest absolute Gasteiger partial charge is 0.368 e. The van der Waals surface area contributed by atoms with Crippen LogP contribution < -0.4 is 11.5 Å². The normalized spacial score (nSPS) is 20.6. The maximum absolute atomic E-state index is 10.2. The average Bonchev–Trinajstić information content (AvgIpc) is 3.51. The molecule has 4 rings (SSSR count). The second-order valence-corrected chi connectivity index (χ2v) is 7.30. The smallest absolute Gasteiger partial charge is 0.237 e. The maximum atomic E-state index is 10.2. The van der Waals surface area contributed by atoms with Crippen LogP contribution in [0.1, 0.15) is 62.0 Å². The standard InChI is InChI=1S/C17H20.C4H8N2O/c1-2-4-14(5-3-1)6-7-15-8-10-16(11-9-15)17-12-13-17;5-3(7)4(6)1-2-4/h2,4-5,8-11,17H,1,3,6-7,12-13H2;1-2,6H2,(H2,5,7). The van der Waals surface area contributed by atoms with Gasteiger partial charge in [-0.05, 0) is 68.4 Å². The van der Waals surface area contributed by atoms with Crippen molar-refractivity contribution in [3.8, 4) is 0 Å². The Balaban J connectivity index is 0.000000203. The van der Waals surface area contributed by atoms with Gasteiger partial charge in [-0.15, -0.1) is 0 Å². The van der Waals surface area contributed by atoms with Gasteiger partial charge in [0.1, 0.15) is 0 Å². The number of primary amides is 1. The van der Waals surface area contributed by atoms with Gasteiger partial charge in [0.2, 0.25) is 5.91 Å². The Morgan fingerprint density at radius 1 is 1.08 bits per heavy atom. The zero-order valence-electron chi connectivity index (χ0n) is 14.3. The monoisotopic (exact) mass is 324 g/mol. The van der Waals surface area contributed by atoms with Crippen molar-refractivity contribution in [2.24, 2.45) is 11.5 Å². The Kier molecular flexibility index (Phi) is 5.20. The first-order valence-corrected chi connectivity index (χ1v) is 9.10. The number of benzene rings is 1. The molecule has 0 radical (unpaired) electrons. The zero-order chi connectivity index (χ0) is 17.0. The van der Waals surface area contributed by atoms with E-state index in [9.17, 15) is 4.79 Å². The first-order valence-electron chi connectivity index (χ1n) is 9.10. The van der Waals surface area contributed by atoms with E-state index in [0.717, 1.165) is 18.8 Å². The van der Waals surface area contributed by atoms with Crippen LogP contribution >= 0.6 is 0 Å². The minimum absolute atomic E-state index is 0.368. The maximum Gasteiger partial charge on any atom is 0.237 e. The molecule has 0 saturated heterocycles. The van der Waals surface area contributed by atoms with Crippen molar-refractivity contribution in [2.75, 3.05) is 0 Å². The molecule has 3 heteroatoms. The number of carbonyl (C=O) groups excluding carboxylic acids is 1. The summed E-state index contributed by atoms with van der Waals surface area (Å²) in [7, 11) is 0. The molecule has 0 aromatic heterocycles. The fraction of sp³-hybridized carbons (Fsp3) is 0.476. The molecule has 0 aliphatic heterocycles. The van der Waals surface area contributed by atoms with Crippen LogP contribution in [-0.2, 0) is 11.2 Å². The minimum atomic E-state index is -0.611. The molecule has 3 aliphatic rings.